The number of hydrogen-bond acceptors (Lipinski definition) is 5. The quantitative estimate of drug-likeness (QED) is 0.829. The van der Waals surface area contributed by atoms with Gasteiger partial charge in [0.1, 0.15) is 17.1 Å². The molecule has 2 N–H and O–H groups in total. The van der Waals surface area contributed by atoms with Crippen LogP contribution in [0.25, 0.3) is 11.5 Å². The Morgan fingerprint density at radius 1 is 1.32 bits per heavy atom. The summed E-state index contributed by atoms with van der Waals surface area (Å²) in [5.74, 6) is 1.26. The van der Waals surface area contributed by atoms with E-state index in [1.807, 2.05) is 13.0 Å². The fourth-order valence-electron chi connectivity index (χ4n) is 2.17. The highest BCUT2D eigenvalue weighted by Crippen LogP contribution is 2.21. The van der Waals surface area contributed by atoms with Gasteiger partial charge in [-0.15, -0.1) is 0 Å². The molecule has 0 bridgehead atoms. The lowest BCUT2D eigenvalue weighted by molar-refractivity contribution is 0.0787. The number of nitrogens with two attached hydrogens (primary N) is 1. The van der Waals surface area contributed by atoms with Crippen LogP contribution in [0.4, 0.5) is 5.95 Å². The first-order chi connectivity index (χ1) is 10.5. The number of hydrogen-bond donors (Lipinski definition) is 1. The number of anilines is 1. The SMILES string of the molecule is CCCCCN(C)C(=O)c1cc(-c2ccc(C)o2)nc(N)n1. The van der Waals surface area contributed by atoms with E-state index in [0.29, 0.717) is 18.0 Å². The number of carbonyl (C=O) groups is 1. The van der Waals surface area contributed by atoms with Crippen molar-refractivity contribution >= 4 is 11.9 Å². The molecule has 2 rings (SSSR count). The standard InChI is InChI=1S/C16H22N4O2/c1-4-5-6-9-20(3)15(21)13-10-12(18-16(17)19-13)14-8-7-11(2)22-14/h7-8,10H,4-6,9H2,1-3H3,(H2,17,18,19). The van der Waals surface area contributed by atoms with Crippen LogP contribution in [0.2, 0.25) is 0 Å². The highest BCUT2D eigenvalue weighted by atomic mass is 16.3. The molecule has 0 atom stereocenters. The minimum absolute atomic E-state index is 0.0665. The molecule has 2 heterocycles. The summed E-state index contributed by atoms with van der Waals surface area (Å²) < 4.78 is 5.53. The second-order valence-corrected chi connectivity index (χ2v) is 5.34. The number of furan rings is 1. The van der Waals surface area contributed by atoms with Gasteiger partial charge in [-0.1, -0.05) is 19.8 Å². The molecule has 0 saturated carbocycles. The predicted octanol–water partition coefficient (Wildman–Crippen LogP) is 2.89. The summed E-state index contributed by atoms with van der Waals surface area (Å²) in [6, 6.07) is 5.26. The molecular formula is C16H22N4O2. The third kappa shape index (κ3) is 3.84. The molecule has 0 fully saturated rings. The largest absolute Gasteiger partial charge is 0.460 e. The predicted molar refractivity (Wildman–Crippen MR) is 85.4 cm³/mol. The summed E-state index contributed by atoms with van der Waals surface area (Å²) in [6.07, 6.45) is 3.19. The van der Waals surface area contributed by atoms with E-state index < -0.39 is 0 Å². The van der Waals surface area contributed by atoms with Crippen molar-refractivity contribution in [3.05, 3.63) is 29.7 Å². The van der Waals surface area contributed by atoms with Crippen molar-refractivity contribution in [2.75, 3.05) is 19.3 Å². The average molecular weight is 302 g/mol. The van der Waals surface area contributed by atoms with Crippen LogP contribution in [0, 0.1) is 6.92 Å². The fraction of sp³-hybridized carbons (Fsp3) is 0.438. The van der Waals surface area contributed by atoms with Crippen molar-refractivity contribution < 1.29 is 9.21 Å². The van der Waals surface area contributed by atoms with Gasteiger partial charge >= 0.3 is 0 Å². The lowest BCUT2D eigenvalue weighted by atomic mass is 10.2. The highest BCUT2D eigenvalue weighted by Gasteiger charge is 2.16. The van der Waals surface area contributed by atoms with Crippen LogP contribution >= 0.6 is 0 Å². The summed E-state index contributed by atoms with van der Waals surface area (Å²) in [7, 11) is 1.77. The monoisotopic (exact) mass is 302 g/mol. The molecule has 0 radical (unpaired) electrons. The van der Waals surface area contributed by atoms with Crippen molar-refractivity contribution in [3.63, 3.8) is 0 Å². The Balaban J connectivity index is 2.20. The number of amides is 1. The Bertz CT molecular complexity index is 651. The Kier molecular flexibility index (Phi) is 5.14. The summed E-state index contributed by atoms with van der Waals surface area (Å²) in [5, 5.41) is 0. The highest BCUT2D eigenvalue weighted by molar-refractivity contribution is 5.93. The van der Waals surface area contributed by atoms with Crippen LogP contribution < -0.4 is 5.73 Å². The lowest BCUT2D eigenvalue weighted by Crippen LogP contribution is -2.28. The van der Waals surface area contributed by atoms with Gasteiger partial charge in [0.15, 0.2) is 5.76 Å². The molecular weight excluding hydrogens is 280 g/mol. The summed E-state index contributed by atoms with van der Waals surface area (Å²) in [6.45, 7) is 4.68. The van der Waals surface area contributed by atoms with Gasteiger partial charge in [-0.05, 0) is 31.5 Å². The van der Waals surface area contributed by atoms with Crippen LogP contribution in [0.3, 0.4) is 0 Å². The van der Waals surface area contributed by atoms with E-state index >= 15 is 0 Å². The Morgan fingerprint density at radius 2 is 2.09 bits per heavy atom. The van der Waals surface area contributed by atoms with Crippen molar-refractivity contribution in [1.29, 1.82) is 0 Å². The second kappa shape index (κ2) is 7.06. The van der Waals surface area contributed by atoms with Crippen molar-refractivity contribution in [3.8, 4) is 11.5 Å². The average Bonchev–Trinajstić information content (AvgIpc) is 2.92. The minimum atomic E-state index is -0.158. The molecule has 2 aromatic rings. The molecule has 0 aliphatic rings. The second-order valence-electron chi connectivity index (χ2n) is 5.34. The summed E-state index contributed by atoms with van der Waals surface area (Å²) in [4.78, 5) is 22.3. The van der Waals surface area contributed by atoms with E-state index in [2.05, 4.69) is 16.9 Å². The topological polar surface area (TPSA) is 85.2 Å². The Labute approximate surface area is 130 Å². The summed E-state index contributed by atoms with van der Waals surface area (Å²) in [5.41, 5.74) is 6.54. The van der Waals surface area contributed by atoms with E-state index in [-0.39, 0.29) is 17.5 Å². The van der Waals surface area contributed by atoms with Gasteiger partial charge in [-0.3, -0.25) is 4.79 Å². The Morgan fingerprint density at radius 3 is 2.73 bits per heavy atom. The van der Waals surface area contributed by atoms with Crippen molar-refractivity contribution in [2.24, 2.45) is 0 Å². The number of unbranched alkanes of at least 4 members (excludes halogenated alkanes) is 2. The molecule has 0 aliphatic heterocycles. The van der Waals surface area contributed by atoms with Gasteiger partial charge < -0.3 is 15.1 Å². The van der Waals surface area contributed by atoms with E-state index in [4.69, 9.17) is 10.2 Å². The van der Waals surface area contributed by atoms with Crippen LogP contribution in [0.1, 0.15) is 42.4 Å². The van der Waals surface area contributed by atoms with Crippen LogP contribution in [0.15, 0.2) is 22.6 Å². The fourth-order valence-corrected chi connectivity index (χ4v) is 2.17. The molecule has 0 spiro atoms. The molecule has 2 aromatic heterocycles. The molecule has 0 unspecified atom stereocenters. The zero-order chi connectivity index (χ0) is 16.1. The normalized spacial score (nSPS) is 10.7. The van der Waals surface area contributed by atoms with E-state index in [1.54, 1.807) is 24.1 Å². The van der Waals surface area contributed by atoms with Gasteiger partial charge in [-0.2, -0.15) is 0 Å². The van der Waals surface area contributed by atoms with Crippen molar-refractivity contribution in [1.82, 2.24) is 14.9 Å². The van der Waals surface area contributed by atoms with Crippen LogP contribution in [0.5, 0.6) is 0 Å². The molecule has 0 aliphatic carbocycles. The van der Waals surface area contributed by atoms with Crippen LogP contribution in [-0.2, 0) is 0 Å². The van der Waals surface area contributed by atoms with E-state index in [9.17, 15) is 4.79 Å². The first-order valence-electron chi connectivity index (χ1n) is 7.48. The van der Waals surface area contributed by atoms with E-state index in [1.165, 1.54) is 0 Å². The first kappa shape index (κ1) is 16.0. The van der Waals surface area contributed by atoms with Gasteiger partial charge in [-0.25, -0.2) is 9.97 Å². The molecule has 6 heteroatoms. The smallest absolute Gasteiger partial charge is 0.272 e. The number of nitrogen functional groups attached to an aromatic ring is 1. The molecule has 0 aromatic carbocycles. The number of rotatable bonds is 6. The number of aromatic nitrogens is 2. The maximum atomic E-state index is 12.4. The third-order valence-electron chi connectivity index (χ3n) is 3.40. The van der Waals surface area contributed by atoms with Crippen LogP contribution in [-0.4, -0.2) is 34.4 Å². The molecule has 118 valence electrons. The lowest BCUT2D eigenvalue weighted by Gasteiger charge is -2.16. The molecule has 0 saturated heterocycles. The number of nitrogens with zero attached hydrogens (tertiary/aromatic N) is 3. The Hall–Kier alpha value is -2.37. The zero-order valence-electron chi connectivity index (χ0n) is 13.3. The maximum Gasteiger partial charge on any atom is 0.272 e. The maximum absolute atomic E-state index is 12.4. The van der Waals surface area contributed by atoms with Gasteiger partial charge in [0.25, 0.3) is 5.91 Å². The number of aryl methyl sites for hydroxylation is 1. The molecule has 1 amide bonds. The summed E-state index contributed by atoms with van der Waals surface area (Å²) >= 11 is 0. The van der Waals surface area contributed by atoms with Gasteiger partial charge in [0.05, 0.1) is 0 Å². The first-order valence-corrected chi connectivity index (χ1v) is 7.48. The zero-order valence-corrected chi connectivity index (χ0v) is 13.3. The minimum Gasteiger partial charge on any atom is -0.460 e. The van der Waals surface area contributed by atoms with E-state index in [0.717, 1.165) is 25.0 Å². The third-order valence-corrected chi connectivity index (χ3v) is 3.40. The molecule has 6 nitrogen and oxygen atoms in total. The van der Waals surface area contributed by atoms with Crippen molar-refractivity contribution in [2.45, 2.75) is 33.1 Å². The van der Waals surface area contributed by atoms with Gasteiger partial charge in [0.2, 0.25) is 5.95 Å². The van der Waals surface area contributed by atoms with Gasteiger partial charge in [0, 0.05) is 13.6 Å². The number of carbonyl (C=O) groups excluding carboxylic acids is 1. The molecule has 22 heavy (non-hydrogen) atoms.